The molecule has 4 nitrogen and oxygen atoms in total. The van der Waals surface area contributed by atoms with Crippen molar-refractivity contribution in [1.29, 1.82) is 0 Å². The molecule has 0 saturated carbocycles. The lowest BCUT2D eigenvalue weighted by Gasteiger charge is -2.15. The van der Waals surface area contributed by atoms with E-state index < -0.39 is 0 Å². The molecular weight excluding hydrogens is 314 g/mol. The largest absolute Gasteiger partial charge is 0.508 e. The molecule has 2 N–H and O–H groups in total. The van der Waals surface area contributed by atoms with Gasteiger partial charge in [0, 0.05) is 0 Å². The zero-order chi connectivity index (χ0) is 18.0. The number of benzene rings is 2. The van der Waals surface area contributed by atoms with Crippen molar-refractivity contribution in [2.45, 2.75) is 46.1 Å². The summed E-state index contributed by atoms with van der Waals surface area (Å²) in [6, 6.07) is 9.62. The standard InChI is InChI=1S/C21H25NO3/c1-13-11-14(2)15(3)20(12-13)25-10-9-21(24)22-18-8-7-17-16(18)5-4-6-19(17)23/h4-6,11-12,18,23H,7-10H2,1-3H3,(H,22,24). The van der Waals surface area contributed by atoms with E-state index in [1.54, 1.807) is 6.07 Å². The Balaban J connectivity index is 1.54. The first-order chi connectivity index (χ1) is 12.0. The van der Waals surface area contributed by atoms with E-state index in [9.17, 15) is 9.90 Å². The molecule has 0 aromatic heterocycles. The Bertz CT molecular complexity index is 798. The average Bonchev–Trinajstić information content (AvgIpc) is 2.96. The quantitative estimate of drug-likeness (QED) is 0.869. The lowest BCUT2D eigenvalue weighted by molar-refractivity contribution is -0.122. The van der Waals surface area contributed by atoms with E-state index in [2.05, 4.69) is 18.3 Å². The summed E-state index contributed by atoms with van der Waals surface area (Å²) in [5, 5.41) is 12.9. The number of rotatable bonds is 5. The van der Waals surface area contributed by atoms with E-state index in [1.165, 1.54) is 5.56 Å². The summed E-state index contributed by atoms with van der Waals surface area (Å²) in [5.41, 5.74) is 5.45. The van der Waals surface area contributed by atoms with Crippen LogP contribution in [-0.2, 0) is 11.2 Å². The normalized spacial score (nSPS) is 15.7. The van der Waals surface area contributed by atoms with Gasteiger partial charge in [0.15, 0.2) is 0 Å². The summed E-state index contributed by atoms with van der Waals surface area (Å²) >= 11 is 0. The highest BCUT2D eigenvalue weighted by Crippen LogP contribution is 2.36. The van der Waals surface area contributed by atoms with Gasteiger partial charge >= 0.3 is 0 Å². The Kier molecular flexibility index (Phi) is 4.98. The molecule has 0 saturated heterocycles. The van der Waals surface area contributed by atoms with Crippen LogP contribution in [0.2, 0.25) is 0 Å². The molecule has 1 unspecified atom stereocenters. The minimum atomic E-state index is -0.0248. The zero-order valence-corrected chi connectivity index (χ0v) is 15.1. The molecule has 2 aromatic rings. The van der Waals surface area contributed by atoms with E-state index >= 15 is 0 Å². The fourth-order valence-corrected chi connectivity index (χ4v) is 3.46. The van der Waals surface area contributed by atoms with Crippen LogP contribution in [-0.4, -0.2) is 17.6 Å². The first-order valence-electron chi connectivity index (χ1n) is 8.76. The van der Waals surface area contributed by atoms with Crippen molar-refractivity contribution in [3.63, 3.8) is 0 Å². The molecule has 4 heteroatoms. The molecule has 3 rings (SSSR count). The highest BCUT2D eigenvalue weighted by molar-refractivity contribution is 5.76. The molecule has 25 heavy (non-hydrogen) atoms. The third kappa shape index (κ3) is 3.78. The van der Waals surface area contributed by atoms with E-state index in [0.717, 1.165) is 40.8 Å². The molecule has 0 spiro atoms. The van der Waals surface area contributed by atoms with Gasteiger partial charge in [-0.2, -0.15) is 0 Å². The molecule has 0 heterocycles. The van der Waals surface area contributed by atoms with Crippen molar-refractivity contribution in [1.82, 2.24) is 5.32 Å². The van der Waals surface area contributed by atoms with Crippen LogP contribution in [0.25, 0.3) is 0 Å². The minimum absolute atomic E-state index is 0.0162. The molecule has 0 fully saturated rings. The van der Waals surface area contributed by atoms with Crippen LogP contribution in [0.15, 0.2) is 30.3 Å². The third-order valence-electron chi connectivity index (χ3n) is 4.93. The van der Waals surface area contributed by atoms with Crippen molar-refractivity contribution in [2.24, 2.45) is 0 Å². The second kappa shape index (κ2) is 7.18. The Morgan fingerprint density at radius 2 is 2.08 bits per heavy atom. The van der Waals surface area contributed by atoms with Gasteiger partial charge in [-0.25, -0.2) is 0 Å². The molecule has 1 aliphatic rings. The zero-order valence-electron chi connectivity index (χ0n) is 15.1. The Labute approximate surface area is 148 Å². The monoisotopic (exact) mass is 339 g/mol. The summed E-state index contributed by atoms with van der Waals surface area (Å²) in [5.74, 6) is 1.15. The second-order valence-corrected chi connectivity index (χ2v) is 6.81. The number of phenolic OH excluding ortho intramolecular Hbond substituents is 1. The predicted molar refractivity (Wildman–Crippen MR) is 98.1 cm³/mol. The van der Waals surface area contributed by atoms with Crippen molar-refractivity contribution in [2.75, 3.05) is 6.61 Å². The number of fused-ring (bicyclic) bond motifs is 1. The van der Waals surface area contributed by atoms with Crippen LogP contribution < -0.4 is 10.1 Å². The molecule has 0 aliphatic heterocycles. The summed E-state index contributed by atoms with van der Waals surface area (Å²) in [7, 11) is 0. The molecule has 1 aliphatic carbocycles. The van der Waals surface area contributed by atoms with E-state index in [1.807, 2.05) is 32.0 Å². The topological polar surface area (TPSA) is 58.6 Å². The molecule has 0 radical (unpaired) electrons. The number of carbonyl (C=O) groups is 1. The molecule has 1 amide bonds. The first-order valence-corrected chi connectivity index (χ1v) is 8.76. The predicted octanol–water partition coefficient (Wildman–Crippen LogP) is 3.89. The number of hydrogen-bond donors (Lipinski definition) is 2. The lowest BCUT2D eigenvalue weighted by atomic mass is 10.1. The maximum absolute atomic E-state index is 12.2. The van der Waals surface area contributed by atoms with Gasteiger partial charge in [0.1, 0.15) is 11.5 Å². The summed E-state index contributed by atoms with van der Waals surface area (Å²) in [6.45, 7) is 6.50. The van der Waals surface area contributed by atoms with Gasteiger partial charge in [-0.1, -0.05) is 18.2 Å². The molecule has 132 valence electrons. The Hall–Kier alpha value is -2.49. The average molecular weight is 339 g/mol. The minimum Gasteiger partial charge on any atom is -0.508 e. The fourth-order valence-electron chi connectivity index (χ4n) is 3.46. The van der Waals surface area contributed by atoms with E-state index in [0.29, 0.717) is 18.8 Å². The third-order valence-corrected chi connectivity index (χ3v) is 4.93. The number of aryl methyl sites for hydroxylation is 2. The lowest BCUT2D eigenvalue weighted by Crippen LogP contribution is -2.28. The van der Waals surface area contributed by atoms with Crippen LogP contribution in [0.1, 0.15) is 46.7 Å². The first kappa shape index (κ1) is 17.3. The summed E-state index contributed by atoms with van der Waals surface area (Å²) in [4.78, 5) is 12.2. The Morgan fingerprint density at radius 3 is 2.88 bits per heavy atom. The molecule has 0 bridgehead atoms. The van der Waals surface area contributed by atoms with Crippen LogP contribution in [0.3, 0.4) is 0 Å². The van der Waals surface area contributed by atoms with Gasteiger partial charge in [-0.15, -0.1) is 0 Å². The van der Waals surface area contributed by atoms with E-state index in [4.69, 9.17) is 4.74 Å². The molecular formula is C21H25NO3. The summed E-state index contributed by atoms with van der Waals surface area (Å²) in [6.07, 6.45) is 1.94. The van der Waals surface area contributed by atoms with Crippen LogP contribution in [0.4, 0.5) is 0 Å². The van der Waals surface area contributed by atoms with Gasteiger partial charge in [0.05, 0.1) is 19.1 Å². The van der Waals surface area contributed by atoms with E-state index in [-0.39, 0.29) is 11.9 Å². The van der Waals surface area contributed by atoms with Crippen molar-refractivity contribution >= 4 is 5.91 Å². The van der Waals surface area contributed by atoms with Crippen LogP contribution >= 0.6 is 0 Å². The number of hydrogen-bond acceptors (Lipinski definition) is 3. The van der Waals surface area contributed by atoms with Crippen LogP contribution in [0, 0.1) is 20.8 Å². The summed E-state index contributed by atoms with van der Waals surface area (Å²) < 4.78 is 5.82. The highest BCUT2D eigenvalue weighted by atomic mass is 16.5. The van der Waals surface area contributed by atoms with Crippen molar-refractivity contribution in [3.8, 4) is 11.5 Å². The van der Waals surface area contributed by atoms with Gasteiger partial charge < -0.3 is 15.2 Å². The number of phenols is 1. The SMILES string of the molecule is Cc1cc(C)c(C)c(OCCC(=O)NC2CCc3c(O)cccc32)c1. The maximum Gasteiger partial charge on any atom is 0.223 e. The number of amides is 1. The number of carbonyl (C=O) groups excluding carboxylic acids is 1. The van der Waals surface area contributed by atoms with Crippen molar-refractivity contribution < 1.29 is 14.6 Å². The smallest absolute Gasteiger partial charge is 0.223 e. The van der Waals surface area contributed by atoms with Gasteiger partial charge in [-0.05, 0) is 73.6 Å². The maximum atomic E-state index is 12.2. The molecule has 2 aromatic carbocycles. The number of nitrogens with one attached hydrogen (secondary N) is 1. The second-order valence-electron chi connectivity index (χ2n) is 6.81. The van der Waals surface area contributed by atoms with Gasteiger partial charge in [0.2, 0.25) is 5.91 Å². The van der Waals surface area contributed by atoms with Gasteiger partial charge in [0.25, 0.3) is 0 Å². The van der Waals surface area contributed by atoms with Crippen LogP contribution in [0.5, 0.6) is 11.5 Å². The number of ether oxygens (including phenoxy) is 1. The van der Waals surface area contributed by atoms with Gasteiger partial charge in [-0.3, -0.25) is 4.79 Å². The number of aromatic hydroxyl groups is 1. The van der Waals surface area contributed by atoms with Crippen molar-refractivity contribution in [3.05, 3.63) is 58.1 Å². The Morgan fingerprint density at radius 1 is 1.28 bits per heavy atom. The fraction of sp³-hybridized carbons (Fsp3) is 0.381. The highest BCUT2D eigenvalue weighted by Gasteiger charge is 2.25. The molecule has 1 atom stereocenters.